The maximum absolute atomic E-state index is 4.62. The number of fused-ring (bicyclic) bond motifs is 1. The fraction of sp³-hybridized carbons (Fsp3) is 0.706. The molecule has 0 unspecified atom stereocenters. The molecule has 0 amide bonds. The second-order valence-corrected chi connectivity index (χ2v) is 5.85. The van der Waals surface area contributed by atoms with Crippen molar-refractivity contribution in [1.82, 2.24) is 15.2 Å². The highest BCUT2D eigenvalue weighted by Gasteiger charge is 2.13. The van der Waals surface area contributed by atoms with Crippen molar-refractivity contribution in [3.63, 3.8) is 0 Å². The fourth-order valence-corrected chi connectivity index (χ4v) is 2.89. The zero-order valence-electron chi connectivity index (χ0n) is 13.1. The molecule has 112 valence electrons. The first kappa shape index (κ1) is 15.5. The van der Waals surface area contributed by atoms with Gasteiger partial charge in [-0.15, -0.1) is 0 Å². The van der Waals surface area contributed by atoms with Crippen LogP contribution in [0.1, 0.15) is 43.0 Å². The standard InChI is InChI=1S/C17H29N3/c1-3-20(2)14-13-18-11-6-9-17-16-8-5-4-7-15(16)10-12-19-17/h10,12,18H,3-9,11,13-14H2,1-2H3. The van der Waals surface area contributed by atoms with Crippen molar-refractivity contribution >= 4 is 0 Å². The molecule has 20 heavy (non-hydrogen) atoms. The first-order chi connectivity index (χ1) is 9.81. The number of likely N-dealkylation sites (N-methyl/N-ethyl adjacent to an activating group) is 1. The van der Waals surface area contributed by atoms with E-state index in [4.69, 9.17) is 0 Å². The first-order valence-electron chi connectivity index (χ1n) is 8.16. The van der Waals surface area contributed by atoms with Crippen LogP contribution >= 0.6 is 0 Å². The van der Waals surface area contributed by atoms with E-state index >= 15 is 0 Å². The number of aryl methyl sites for hydroxylation is 2. The van der Waals surface area contributed by atoms with Gasteiger partial charge in [-0.25, -0.2) is 0 Å². The van der Waals surface area contributed by atoms with Crippen LogP contribution in [0.3, 0.4) is 0 Å². The number of pyridine rings is 1. The van der Waals surface area contributed by atoms with Gasteiger partial charge in [0.1, 0.15) is 0 Å². The number of aromatic nitrogens is 1. The van der Waals surface area contributed by atoms with Gasteiger partial charge in [0.05, 0.1) is 0 Å². The lowest BCUT2D eigenvalue weighted by Crippen LogP contribution is -2.29. The number of nitrogens with one attached hydrogen (secondary N) is 1. The predicted molar refractivity (Wildman–Crippen MR) is 85.2 cm³/mol. The molecule has 0 saturated carbocycles. The Balaban J connectivity index is 1.69. The Kier molecular flexibility index (Phi) is 6.48. The monoisotopic (exact) mass is 275 g/mol. The van der Waals surface area contributed by atoms with E-state index in [9.17, 15) is 0 Å². The molecule has 0 atom stereocenters. The van der Waals surface area contributed by atoms with Gasteiger partial charge in [0.2, 0.25) is 0 Å². The Morgan fingerprint density at radius 1 is 1.25 bits per heavy atom. The van der Waals surface area contributed by atoms with Gasteiger partial charge in [-0.05, 0) is 75.9 Å². The van der Waals surface area contributed by atoms with Crippen molar-refractivity contribution in [2.45, 2.75) is 45.4 Å². The Morgan fingerprint density at radius 2 is 2.10 bits per heavy atom. The zero-order chi connectivity index (χ0) is 14.2. The molecule has 1 heterocycles. The average molecular weight is 275 g/mol. The minimum atomic E-state index is 1.09. The van der Waals surface area contributed by atoms with E-state index in [1.165, 1.54) is 37.8 Å². The highest BCUT2D eigenvalue weighted by Crippen LogP contribution is 2.23. The average Bonchev–Trinajstić information content (AvgIpc) is 2.50. The molecule has 3 nitrogen and oxygen atoms in total. The third-order valence-electron chi connectivity index (χ3n) is 4.34. The maximum Gasteiger partial charge on any atom is 0.0438 e. The largest absolute Gasteiger partial charge is 0.315 e. The number of hydrogen-bond donors (Lipinski definition) is 1. The smallest absolute Gasteiger partial charge is 0.0438 e. The van der Waals surface area contributed by atoms with Crippen LogP contribution in [0.25, 0.3) is 0 Å². The van der Waals surface area contributed by atoms with E-state index in [0.717, 1.165) is 32.6 Å². The highest BCUT2D eigenvalue weighted by atomic mass is 15.1. The van der Waals surface area contributed by atoms with E-state index in [-0.39, 0.29) is 0 Å². The summed E-state index contributed by atoms with van der Waals surface area (Å²) in [6.45, 7) is 6.65. The molecule has 1 aromatic heterocycles. The van der Waals surface area contributed by atoms with Crippen molar-refractivity contribution in [2.24, 2.45) is 0 Å². The summed E-state index contributed by atoms with van der Waals surface area (Å²) in [5.74, 6) is 0. The Bertz CT molecular complexity index is 403. The fourth-order valence-electron chi connectivity index (χ4n) is 2.89. The predicted octanol–water partition coefficient (Wildman–Crippen LogP) is 2.43. The molecule has 2 rings (SSSR count). The van der Waals surface area contributed by atoms with Gasteiger partial charge in [0, 0.05) is 25.0 Å². The Labute approximate surface area is 123 Å². The second-order valence-electron chi connectivity index (χ2n) is 5.85. The van der Waals surface area contributed by atoms with Gasteiger partial charge in [-0.3, -0.25) is 4.98 Å². The molecule has 1 N–H and O–H groups in total. The molecule has 0 radical (unpaired) electrons. The Morgan fingerprint density at radius 3 is 2.95 bits per heavy atom. The summed E-state index contributed by atoms with van der Waals surface area (Å²) in [6.07, 6.45) is 9.51. The van der Waals surface area contributed by atoms with E-state index in [2.05, 4.69) is 35.2 Å². The van der Waals surface area contributed by atoms with Crippen molar-refractivity contribution in [3.8, 4) is 0 Å². The van der Waals surface area contributed by atoms with Crippen LogP contribution in [0.2, 0.25) is 0 Å². The van der Waals surface area contributed by atoms with Crippen LogP contribution < -0.4 is 5.32 Å². The van der Waals surface area contributed by atoms with Crippen LogP contribution in [0.5, 0.6) is 0 Å². The molecule has 0 aromatic carbocycles. The van der Waals surface area contributed by atoms with Gasteiger partial charge in [-0.1, -0.05) is 6.92 Å². The summed E-state index contributed by atoms with van der Waals surface area (Å²) >= 11 is 0. The van der Waals surface area contributed by atoms with Crippen molar-refractivity contribution in [1.29, 1.82) is 0 Å². The summed E-state index contributed by atoms with van der Waals surface area (Å²) in [6, 6.07) is 2.22. The van der Waals surface area contributed by atoms with Gasteiger partial charge < -0.3 is 10.2 Å². The molecule has 0 spiro atoms. The van der Waals surface area contributed by atoms with E-state index in [0.29, 0.717) is 0 Å². The number of nitrogens with zero attached hydrogens (tertiary/aromatic N) is 2. The molecule has 0 bridgehead atoms. The molecule has 0 saturated heterocycles. The SMILES string of the molecule is CCN(C)CCNCCCc1nccc2c1CCCC2. The lowest BCUT2D eigenvalue weighted by molar-refractivity contribution is 0.349. The van der Waals surface area contributed by atoms with Crippen LogP contribution in [0.4, 0.5) is 0 Å². The summed E-state index contributed by atoms with van der Waals surface area (Å²) < 4.78 is 0. The topological polar surface area (TPSA) is 28.2 Å². The number of hydrogen-bond acceptors (Lipinski definition) is 3. The van der Waals surface area contributed by atoms with Gasteiger partial charge >= 0.3 is 0 Å². The minimum absolute atomic E-state index is 1.09. The van der Waals surface area contributed by atoms with E-state index in [1.54, 1.807) is 11.1 Å². The molecular weight excluding hydrogens is 246 g/mol. The molecule has 0 aliphatic heterocycles. The van der Waals surface area contributed by atoms with Gasteiger partial charge in [0.25, 0.3) is 0 Å². The highest BCUT2D eigenvalue weighted by molar-refractivity contribution is 5.32. The lowest BCUT2D eigenvalue weighted by Gasteiger charge is -2.18. The van der Waals surface area contributed by atoms with Gasteiger partial charge in [-0.2, -0.15) is 0 Å². The third-order valence-corrected chi connectivity index (χ3v) is 4.34. The summed E-state index contributed by atoms with van der Waals surface area (Å²) in [5, 5.41) is 3.53. The molecular formula is C17H29N3. The van der Waals surface area contributed by atoms with Crippen LogP contribution in [-0.2, 0) is 19.3 Å². The summed E-state index contributed by atoms with van der Waals surface area (Å²) in [4.78, 5) is 6.95. The number of rotatable bonds is 8. The van der Waals surface area contributed by atoms with Crippen LogP contribution in [-0.4, -0.2) is 43.1 Å². The van der Waals surface area contributed by atoms with Gasteiger partial charge in [0.15, 0.2) is 0 Å². The first-order valence-corrected chi connectivity index (χ1v) is 8.16. The summed E-state index contributed by atoms with van der Waals surface area (Å²) in [5.41, 5.74) is 4.47. The van der Waals surface area contributed by atoms with Crippen LogP contribution in [0.15, 0.2) is 12.3 Å². The second kappa shape index (κ2) is 8.38. The van der Waals surface area contributed by atoms with E-state index in [1.807, 2.05) is 6.20 Å². The van der Waals surface area contributed by atoms with Crippen LogP contribution in [0, 0.1) is 0 Å². The molecule has 1 aliphatic carbocycles. The molecule has 1 aliphatic rings. The molecule has 1 aromatic rings. The van der Waals surface area contributed by atoms with Crippen molar-refractivity contribution in [2.75, 3.05) is 33.2 Å². The quantitative estimate of drug-likeness (QED) is 0.739. The third kappa shape index (κ3) is 4.57. The molecule has 3 heteroatoms. The van der Waals surface area contributed by atoms with Crippen molar-refractivity contribution < 1.29 is 0 Å². The minimum Gasteiger partial charge on any atom is -0.315 e. The van der Waals surface area contributed by atoms with Crippen molar-refractivity contribution in [3.05, 3.63) is 29.1 Å². The molecule has 0 fully saturated rings. The lowest BCUT2D eigenvalue weighted by atomic mass is 9.90. The zero-order valence-corrected chi connectivity index (χ0v) is 13.1. The van der Waals surface area contributed by atoms with E-state index < -0.39 is 0 Å². The summed E-state index contributed by atoms with van der Waals surface area (Å²) in [7, 11) is 2.17. The normalized spacial score (nSPS) is 14.6. The maximum atomic E-state index is 4.62. The Hall–Kier alpha value is -0.930.